The van der Waals surface area contributed by atoms with Gasteiger partial charge in [0, 0.05) is 18.8 Å². The standard InChI is InChI=1S/C12H13NO2/c14-12(10-3-1-7-13-9-10)6-5-11-4-2-8-15-11/h1-4,7-9,12,14H,5-6H2. The van der Waals surface area contributed by atoms with E-state index in [1.807, 2.05) is 24.3 Å². The van der Waals surface area contributed by atoms with Gasteiger partial charge in [-0.2, -0.15) is 0 Å². The summed E-state index contributed by atoms with van der Waals surface area (Å²) in [6.45, 7) is 0. The predicted molar refractivity (Wildman–Crippen MR) is 56.2 cm³/mol. The van der Waals surface area contributed by atoms with Crippen LogP contribution >= 0.6 is 0 Å². The fraction of sp³-hybridized carbons (Fsp3) is 0.250. The number of furan rings is 1. The highest BCUT2D eigenvalue weighted by Crippen LogP contribution is 2.17. The van der Waals surface area contributed by atoms with Crippen molar-refractivity contribution in [2.24, 2.45) is 0 Å². The highest BCUT2D eigenvalue weighted by molar-refractivity contribution is 5.12. The molecule has 1 N–H and O–H groups in total. The predicted octanol–water partition coefficient (Wildman–Crippen LogP) is 2.34. The largest absolute Gasteiger partial charge is 0.469 e. The van der Waals surface area contributed by atoms with E-state index in [2.05, 4.69) is 4.98 Å². The average Bonchev–Trinajstić information content (AvgIpc) is 2.80. The van der Waals surface area contributed by atoms with Gasteiger partial charge in [0.25, 0.3) is 0 Å². The molecule has 1 atom stereocenters. The SMILES string of the molecule is OC(CCc1ccco1)c1cccnc1. The third kappa shape index (κ3) is 2.67. The molecule has 3 nitrogen and oxygen atoms in total. The highest BCUT2D eigenvalue weighted by Gasteiger charge is 2.08. The van der Waals surface area contributed by atoms with Crippen LogP contribution in [0, 0.1) is 0 Å². The lowest BCUT2D eigenvalue weighted by molar-refractivity contribution is 0.165. The van der Waals surface area contributed by atoms with Crippen molar-refractivity contribution in [1.82, 2.24) is 4.98 Å². The van der Waals surface area contributed by atoms with Crippen LogP contribution in [0.1, 0.15) is 23.8 Å². The summed E-state index contributed by atoms with van der Waals surface area (Å²) in [6.07, 6.45) is 5.95. The first-order chi connectivity index (χ1) is 7.36. The molecule has 0 saturated carbocycles. The third-order valence-electron chi connectivity index (χ3n) is 2.31. The van der Waals surface area contributed by atoms with Crippen molar-refractivity contribution in [1.29, 1.82) is 0 Å². The van der Waals surface area contributed by atoms with E-state index in [4.69, 9.17) is 4.42 Å². The molecule has 2 aromatic heterocycles. The normalized spacial score (nSPS) is 12.6. The molecule has 0 fully saturated rings. The third-order valence-corrected chi connectivity index (χ3v) is 2.31. The molecule has 0 radical (unpaired) electrons. The number of aliphatic hydroxyl groups excluding tert-OH is 1. The molecule has 2 heterocycles. The van der Waals surface area contributed by atoms with Crippen molar-refractivity contribution < 1.29 is 9.52 Å². The molecule has 1 unspecified atom stereocenters. The molecule has 0 aromatic carbocycles. The Morgan fingerprint density at radius 2 is 2.27 bits per heavy atom. The Morgan fingerprint density at radius 1 is 1.33 bits per heavy atom. The maximum Gasteiger partial charge on any atom is 0.103 e. The van der Waals surface area contributed by atoms with E-state index in [0.717, 1.165) is 17.7 Å². The monoisotopic (exact) mass is 203 g/mol. The molecule has 0 amide bonds. The van der Waals surface area contributed by atoms with E-state index in [1.54, 1.807) is 18.7 Å². The van der Waals surface area contributed by atoms with E-state index in [1.165, 1.54) is 0 Å². The summed E-state index contributed by atoms with van der Waals surface area (Å²) >= 11 is 0. The Bertz CT molecular complexity index is 383. The number of nitrogens with zero attached hydrogens (tertiary/aromatic N) is 1. The topological polar surface area (TPSA) is 46.3 Å². The van der Waals surface area contributed by atoms with Gasteiger partial charge in [0.15, 0.2) is 0 Å². The Balaban J connectivity index is 1.90. The van der Waals surface area contributed by atoms with Crippen LogP contribution in [0.3, 0.4) is 0 Å². The summed E-state index contributed by atoms with van der Waals surface area (Å²) in [6, 6.07) is 7.47. The average molecular weight is 203 g/mol. The molecule has 15 heavy (non-hydrogen) atoms. The Labute approximate surface area is 88.4 Å². The minimum atomic E-state index is -0.469. The molecular formula is C12H13NO2. The van der Waals surface area contributed by atoms with Crippen molar-refractivity contribution in [3.8, 4) is 0 Å². The van der Waals surface area contributed by atoms with Crippen LogP contribution in [-0.4, -0.2) is 10.1 Å². The van der Waals surface area contributed by atoms with E-state index in [9.17, 15) is 5.11 Å². The van der Waals surface area contributed by atoms with Gasteiger partial charge in [-0.3, -0.25) is 4.98 Å². The second-order valence-electron chi connectivity index (χ2n) is 3.42. The summed E-state index contributed by atoms with van der Waals surface area (Å²) < 4.78 is 5.19. The molecule has 0 bridgehead atoms. The van der Waals surface area contributed by atoms with Gasteiger partial charge in [-0.15, -0.1) is 0 Å². The van der Waals surface area contributed by atoms with Crippen molar-refractivity contribution in [3.63, 3.8) is 0 Å². The van der Waals surface area contributed by atoms with Gasteiger partial charge in [0.2, 0.25) is 0 Å². The van der Waals surface area contributed by atoms with E-state index in [-0.39, 0.29) is 0 Å². The summed E-state index contributed by atoms with van der Waals surface area (Å²) in [5, 5.41) is 9.84. The first-order valence-electron chi connectivity index (χ1n) is 4.96. The Hall–Kier alpha value is -1.61. The van der Waals surface area contributed by atoms with E-state index < -0.39 is 6.10 Å². The molecule has 0 saturated heterocycles. The minimum absolute atomic E-state index is 0.469. The lowest BCUT2D eigenvalue weighted by Gasteiger charge is -2.08. The Kier molecular flexibility index (Phi) is 3.15. The van der Waals surface area contributed by atoms with Crippen LogP contribution in [0.4, 0.5) is 0 Å². The first-order valence-corrected chi connectivity index (χ1v) is 4.96. The number of rotatable bonds is 4. The van der Waals surface area contributed by atoms with E-state index >= 15 is 0 Å². The van der Waals surface area contributed by atoms with Gasteiger partial charge in [0.1, 0.15) is 5.76 Å². The molecule has 2 rings (SSSR count). The molecule has 0 aliphatic heterocycles. The van der Waals surface area contributed by atoms with Gasteiger partial charge < -0.3 is 9.52 Å². The zero-order valence-corrected chi connectivity index (χ0v) is 8.34. The van der Waals surface area contributed by atoms with Gasteiger partial charge >= 0.3 is 0 Å². The first kappa shape index (κ1) is 9.93. The summed E-state index contributed by atoms with van der Waals surface area (Å²) in [7, 11) is 0. The number of aliphatic hydroxyl groups is 1. The number of aryl methyl sites for hydroxylation is 1. The van der Waals surface area contributed by atoms with Gasteiger partial charge in [-0.25, -0.2) is 0 Å². The molecule has 0 aliphatic rings. The van der Waals surface area contributed by atoms with Crippen LogP contribution in [0.5, 0.6) is 0 Å². The molecular weight excluding hydrogens is 190 g/mol. The van der Waals surface area contributed by atoms with Crippen LogP contribution < -0.4 is 0 Å². The number of pyridine rings is 1. The molecule has 78 valence electrons. The Morgan fingerprint density at radius 3 is 2.93 bits per heavy atom. The lowest BCUT2D eigenvalue weighted by Crippen LogP contribution is -1.99. The molecule has 3 heteroatoms. The van der Waals surface area contributed by atoms with Gasteiger partial charge in [-0.1, -0.05) is 6.07 Å². The maximum atomic E-state index is 9.84. The van der Waals surface area contributed by atoms with Crippen LogP contribution in [-0.2, 0) is 6.42 Å². The number of hydrogen-bond acceptors (Lipinski definition) is 3. The second kappa shape index (κ2) is 4.75. The van der Waals surface area contributed by atoms with Crippen molar-refractivity contribution in [2.45, 2.75) is 18.9 Å². The fourth-order valence-corrected chi connectivity index (χ4v) is 1.47. The van der Waals surface area contributed by atoms with Crippen molar-refractivity contribution in [2.75, 3.05) is 0 Å². The van der Waals surface area contributed by atoms with Crippen LogP contribution in [0.2, 0.25) is 0 Å². The lowest BCUT2D eigenvalue weighted by atomic mass is 10.1. The number of hydrogen-bond donors (Lipinski definition) is 1. The molecule has 0 aliphatic carbocycles. The fourth-order valence-electron chi connectivity index (χ4n) is 1.47. The second-order valence-corrected chi connectivity index (χ2v) is 3.42. The van der Waals surface area contributed by atoms with Gasteiger partial charge in [0.05, 0.1) is 12.4 Å². The van der Waals surface area contributed by atoms with Crippen LogP contribution in [0.25, 0.3) is 0 Å². The highest BCUT2D eigenvalue weighted by atomic mass is 16.3. The van der Waals surface area contributed by atoms with Crippen molar-refractivity contribution in [3.05, 3.63) is 54.2 Å². The van der Waals surface area contributed by atoms with Gasteiger partial charge in [-0.05, 0) is 30.2 Å². The molecule has 0 spiro atoms. The summed E-state index contributed by atoms with van der Waals surface area (Å²) in [5.41, 5.74) is 0.851. The summed E-state index contributed by atoms with van der Waals surface area (Å²) in [5.74, 6) is 0.901. The summed E-state index contributed by atoms with van der Waals surface area (Å²) in [4.78, 5) is 3.97. The quantitative estimate of drug-likeness (QED) is 0.829. The maximum absolute atomic E-state index is 9.84. The zero-order valence-electron chi connectivity index (χ0n) is 8.34. The van der Waals surface area contributed by atoms with Crippen LogP contribution in [0.15, 0.2) is 47.3 Å². The van der Waals surface area contributed by atoms with E-state index in [0.29, 0.717) is 6.42 Å². The minimum Gasteiger partial charge on any atom is -0.469 e. The molecule has 2 aromatic rings. The zero-order chi connectivity index (χ0) is 10.5. The smallest absolute Gasteiger partial charge is 0.103 e. The van der Waals surface area contributed by atoms with Crippen molar-refractivity contribution >= 4 is 0 Å². The number of aromatic nitrogens is 1.